The Morgan fingerprint density at radius 3 is 2.57 bits per heavy atom. The van der Waals surface area contributed by atoms with Gasteiger partial charge >= 0.3 is 0 Å². The molecule has 0 radical (unpaired) electrons. The van der Waals surface area contributed by atoms with Crippen molar-refractivity contribution in [2.75, 3.05) is 13.7 Å². The highest BCUT2D eigenvalue weighted by Crippen LogP contribution is 2.32. The van der Waals surface area contributed by atoms with Crippen LogP contribution >= 0.6 is 23.2 Å². The van der Waals surface area contributed by atoms with Crippen LogP contribution in [0.1, 0.15) is 22.8 Å². The number of benzene rings is 2. The summed E-state index contributed by atoms with van der Waals surface area (Å²) >= 11 is 12.3. The maximum atomic E-state index is 12.5. The number of carbonyl (C=O) groups excluding carboxylic acids is 1. The van der Waals surface area contributed by atoms with Crippen LogP contribution in [0.15, 0.2) is 36.4 Å². The van der Waals surface area contributed by atoms with E-state index in [0.717, 1.165) is 0 Å². The van der Waals surface area contributed by atoms with E-state index in [1.807, 2.05) is 6.92 Å². The Hall–Kier alpha value is -1.71. The van der Waals surface area contributed by atoms with E-state index in [1.165, 1.54) is 6.07 Å². The molecule has 0 aliphatic rings. The van der Waals surface area contributed by atoms with Gasteiger partial charge in [0.1, 0.15) is 11.5 Å². The van der Waals surface area contributed by atoms with Gasteiger partial charge in [-0.25, -0.2) is 0 Å². The molecule has 0 amide bonds. The molecule has 0 unspecified atom stereocenters. The molecule has 0 N–H and O–H groups in total. The van der Waals surface area contributed by atoms with Gasteiger partial charge in [-0.3, -0.25) is 4.79 Å². The van der Waals surface area contributed by atoms with Gasteiger partial charge in [-0.15, -0.1) is 0 Å². The first kappa shape index (κ1) is 15.7. The van der Waals surface area contributed by atoms with Crippen molar-refractivity contribution in [3.63, 3.8) is 0 Å². The summed E-state index contributed by atoms with van der Waals surface area (Å²) in [4.78, 5) is 12.5. The van der Waals surface area contributed by atoms with E-state index in [-0.39, 0.29) is 5.78 Å². The molecule has 0 atom stereocenters. The van der Waals surface area contributed by atoms with Crippen LogP contribution in [0, 0.1) is 0 Å². The molecule has 3 nitrogen and oxygen atoms in total. The standard InChI is InChI=1S/C16H14Cl2O3/c1-3-21-15-9-13(17)12(8-14(15)18)16(19)10-5-4-6-11(7-10)20-2/h4-9H,3H2,1-2H3. The lowest BCUT2D eigenvalue weighted by molar-refractivity contribution is 0.103. The van der Waals surface area contributed by atoms with Crippen molar-refractivity contribution in [3.05, 3.63) is 57.6 Å². The van der Waals surface area contributed by atoms with Gasteiger partial charge in [-0.1, -0.05) is 35.3 Å². The third-order valence-electron chi connectivity index (χ3n) is 2.90. The number of carbonyl (C=O) groups is 1. The number of hydrogen-bond acceptors (Lipinski definition) is 3. The number of rotatable bonds is 5. The summed E-state index contributed by atoms with van der Waals surface area (Å²) in [7, 11) is 1.55. The minimum Gasteiger partial charge on any atom is -0.497 e. The number of ketones is 1. The highest BCUT2D eigenvalue weighted by Gasteiger charge is 2.16. The molecule has 0 fully saturated rings. The molecule has 0 saturated heterocycles. The largest absolute Gasteiger partial charge is 0.497 e. The maximum absolute atomic E-state index is 12.5. The van der Waals surface area contributed by atoms with Gasteiger partial charge in [0.05, 0.1) is 23.8 Å². The summed E-state index contributed by atoms with van der Waals surface area (Å²) in [6.45, 7) is 2.32. The average molecular weight is 325 g/mol. The summed E-state index contributed by atoms with van der Waals surface area (Å²) in [5.41, 5.74) is 0.815. The maximum Gasteiger partial charge on any atom is 0.194 e. The molecule has 110 valence electrons. The van der Waals surface area contributed by atoms with E-state index in [2.05, 4.69) is 0 Å². The van der Waals surface area contributed by atoms with Crippen LogP contribution in [-0.2, 0) is 0 Å². The second-order valence-electron chi connectivity index (χ2n) is 4.26. The minimum absolute atomic E-state index is 0.219. The Labute approximate surface area is 133 Å². The second kappa shape index (κ2) is 6.83. The minimum atomic E-state index is -0.219. The molecule has 0 spiro atoms. The lowest BCUT2D eigenvalue weighted by atomic mass is 10.0. The molecular weight excluding hydrogens is 311 g/mol. The summed E-state index contributed by atoms with van der Waals surface area (Å²) in [6, 6.07) is 9.95. The molecular formula is C16H14Cl2O3. The summed E-state index contributed by atoms with van der Waals surface area (Å²) in [6.07, 6.45) is 0. The van der Waals surface area contributed by atoms with Gasteiger partial charge in [0.15, 0.2) is 5.78 Å². The van der Waals surface area contributed by atoms with Crippen LogP contribution in [-0.4, -0.2) is 19.5 Å². The lowest BCUT2D eigenvalue weighted by Crippen LogP contribution is -2.03. The van der Waals surface area contributed by atoms with Gasteiger partial charge in [-0.05, 0) is 25.1 Å². The van der Waals surface area contributed by atoms with E-state index in [4.69, 9.17) is 32.7 Å². The molecule has 0 saturated carbocycles. The van der Waals surface area contributed by atoms with Gasteiger partial charge in [0.25, 0.3) is 0 Å². The second-order valence-corrected chi connectivity index (χ2v) is 5.07. The highest BCUT2D eigenvalue weighted by atomic mass is 35.5. The first-order chi connectivity index (χ1) is 10.1. The molecule has 2 aromatic rings. The number of halogens is 2. The van der Waals surface area contributed by atoms with Crippen LogP contribution < -0.4 is 9.47 Å². The number of hydrogen-bond donors (Lipinski definition) is 0. The Morgan fingerprint density at radius 2 is 1.90 bits per heavy atom. The summed E-state index contributed by atoms with van der Waals surface area (Å²) in [5.74, 6) is 0.851. The molecule has 0 heterocycles. The van der Waals surface area contributed by atoms with Gasteiger partial charge < -0.3 is 9.47 Å². The molecule has 0 aromatic heterocycles. The van der Waals surface area contributed by atoms with E-state index in [1.54, 1.807) is 37.4 Å². The van der Waals surface area contributed by atoms with Crippen molar-refractivity contribution in [1.29, 1.82) is 0 Å². The van der Waals surface area contributed by atoms with Crippen LogP contribution in [0.4, 0.5) is 0 Å². The monoisotopic (exact) mass is 324 g/mol. The van der Waals surface area contributed by atoms with E-state index in [0.29, 0.717) is 39.3 Å². The van der Waals surface area contributed by atoms with E-state index in [9.17, 15) is 4.79 Å². The highest BCUT2D eigenvalue weighted by molar-refractivity contribution is 6.37. The quantitative estimate of drug-likeness (QED) is 0.752. The molecule has 2 aromatic carbocycles. The lowest BCUT2D eigenvalue weighted by Gasteiger charge is -2.10. The average Bonchev–Trinajstić information content (AvgIpc) is 2.50. The molecule has 0 aliphatic heterocycles. The third-order valence-corrected chi connectivity index (χ3v) is 3.51. The summed E-state index contributed by atoms with van der Waals surface area (Å²) < 4.78 is 10.5. The van der Waals surface area contributed by atoms with Crippen molar-refractivity contribution >= 4 is 29.0 Å². The van der Waals surface area contributed by atoms with Crippen LogP contribution in [0.5, 0.6) is 11.5 Å². The molecule has 0 aliphatic carbocycles. The number of methoxy groups -OCH3 is 1. The van der Waals surface area contributed by atoms with Crippen molar-refractivity contribution in [3.8, 4) is 11.5 Å². The van der Waals surface area contributed by atoms with Crippen LogP contribution in [0.2, 0.25) is 10.0 Å². The van der Waals surface area contributed by atoms with Crippen molar-refractivity contribution in [2.45, 2.75) is 6.92 Å². The van der Waals surface area contributed by atoms with Gasteiger partial charge in [0, 0.05) is 17.2 Å². The third kappa shape index (κ3) is 3.49. The topological polar surface area (TPSA) is 35.5 Å². The SMILES string of the molecule is CCOc1cc(Cl)c(C(=O)c2cccc(OC)c2)cc1Cl. The normalized spacial score (nSPS) is 10.3. The zero-order valence-corrected chi connectivity index (χ0v) is 13.2. The van der Waals surface area contributed by atoms with E-state index >= 15 is 0 Å². The Kier molecular flexibility index (Phi) is 5.10. The molecule has 21 heavy (non-hydrogen) atoms. The van der Waals surface area contributed by atoms with Crippen molar-refractivity contribution < 1.29 is 14.3 Å². The molecule has 0 bridgehead atoms. The fraction of sp³-hybridized carbons (Fsp3) is 0.188. The number of ether oxygens (including phenoxy) is 2. The first-order valence-electron chi connectivity index (χ1n) is 6.37. The fourth-order valence-electron chi connectivity index (χ4n) is 1.89. The van der Waals surface area contributed by atoms with Crippen LogP contribution in [0.3, 0.4) is 0 Å². The van der Waals surface area contributed by atoms with Gasteiger partial charge in [0.2, 0.25) is 0 Å². The summed E-state index contributed by atoms with van der Waals surface area (Å²) in [5, 5.41) is 0.656. The smallest absolute Gasteiger partial charge is 0.194 e. The fourth-order valence-corrected chi connectivity index (χ4v) is 2.35. The Balaban J connectivity index is 2.41. The Morgan fingerprint density at radius 1 is 1.14 bits per heavy atom. The molecule has 2 rings (SSSR count). The Bertz CT molecular complexity index is 669. The zero-order chi connectivity index (χ0) is 15.4. The predicted molar refractivity (Wildman–Crippen MR) is 84.1 cm³/mol. The van der Waals surface area contributed by atoms with Crippen molar-refractivity contribution in [2.24, 2.45) is 0 Å². The van der Waals surface area contributed by atoms with Crippen LogP contribution in [0.25, 0.3) is 0 Å². The molecule has 5 heteroatoms. The van der Waals surface area contributed by atoms with Crippen molar-refractivity contribution in [1.82, 2.24) is 0 Å². The van der Waals surface area contributed by atoms with E-state index < -0.39 is 0 Å². The predicted octanol–water partition coefficient (Wildman–Crippen LogP) is 4.63. The first-order valence-corrected chi connectivity index (χ1v) is 7.13. The zero-order valence-electron chi connectivity index (χ0n) is 11.7. The van der Waals surface area contributed by atoms with Gasteiger partial charge in [-0.2, -0.15) is 0 Å².